The molecule has 17 heavy (non-hydrogen) atoms. The topological polar surface area (TPSA) is 72.2 Å². The average molecular weight is 342 g/mol. The van der Waals surface area contributed by atoms with Gasteiger partial charge in [-0.2, -0.15) is 5.10 Å². The number of carboxylic acid groups (broad SMARTS) is 1. The Kier molecular flexibility index (Phi) is 3.23. The van der Waals surface area contributed by atoms with E-state index in [1.807, 2.05) is 12.1 Å². The Labute approximate surface area is 110 Å². The van der Waals surface area contributed by atoms with E-state index in [0.29, 0.717) is 12.0 Å². The van der Waals surface area contributed by atoms with Gasteiger partial charge in [0.15, 0.2) is 12.0 Å². The van der Waals surface area contributed by atoms with Crippen LogP contribution in [0.15, 0.2) is 30.3 Å². The SMILES string of the molecule is O=Cc1cc(C(=O)O)nn1-c1ccc(I)cc1. The van der Waals surface area contributed by atoms with Crippen molar-refractivity contribution >= 4 is 34.8 Å². The van der Waals surface area contributed by atoms with Gasteiger partial charge in [-0.1, -0.05) is 0 Å². The molecule has 0 bridgehead atoms. The first-order chi connectivity index (χ1) is 8.11. The molecule has 0 aliphatic rings. The molecular formula is C11H7IN2O3. The molecule has 2 rings (SSSR count). The van der Waals surface area contributed by atoms with Crippen LogP contribution in [-0.2, 0) is 0 Å². The third kappa shape index (κ3) is 2.36. The van der Waals surface area contributed by atoms with E-state index >= 15 is 0 Å². The number of aromatic carboxylic acids is 1. The molecule has 0 amide bonds. The summed E-state index contributed by atoms with van der Waals surface area (Å²) in [5, 5.41) is 12.7. The highest BCUT2D eigenvalue weighted by Gasteiger charge is 2.13. The van der Waals surface area contributed by atoms with E-state index in [-0.39, 0.29) is 11.4 Å². The summed E-state index contributed by atoms with van der Waals surface area (Å²) in [5.74, 6) is -1.16. The van der Waals surface area contributed by atoms with Gasteiger partial charge in [0.2, 0.25) is 0 Å². The van der Waals surface area contributed by atoms with Gasteiger partial charge >= 0.3 is 5.97 Å². The first-order valence-electron chi connectivity index (χ1n) is 4.66. The molecule has 2 aromatic rings. The second-order valence-electron chi connectivity index (χ2n) is 3.27. The van der Waals surface area contributed by atoms with Crippen LogP contribution in [0.4, 0.5) is 0 Å². The maximum Gasteiger partial charge on any atom is 0.356 e. The van der Waals surface area contributed by atoms with Crippen molar-refractivity contribution < 1.29 is 14.7 Å². The molecule has 86 valence electrons. The number of benzene rings is 1. The fraction of sp³-hybridized carbons (Fsp3) is 0. The molecule has 1 aromatic heterocycles. The van der Waals surface area contributed by atoms with Crippen LogP contribution in [0.3, 0.4) is 0 Å². The van der Waals surface area contributed by atoms with Crippen LogP contribution in [-0.4, -0.2) is 27.1 Å². The van der Waals surface area contributed by atoms with E-state index in [4.69, 9.17) is 5.11 Å². The predicted molar refractivity (Wildman–Crippen MR) is 68.6 cm³/mol. The standard InChI is InChI=1S/C11H7IN2O3/c12-7-1-3-8(4-2-7)14-9(6-15)5-10(13-14)11(16)17/h1-6H,(H,16,17). The van der Waals surface area contributed by atoms with E-state index in [1.165, 1.54) is 10.7 Å². The van der Waals surface area contributed by atoms with Crippen LogP contribution in [0.2, 0.25) is 0 Å². The first kappa shape index (κ1) is 11.8. The summed E-state index contributed by atoms with van der Waals surface area (Å²) in [6, 6.07) is 8.49. The number of nitrogens with zero attached hydrogens (tertiary/aromatic N) is 2. The van der Waals surface area contributed by atoms with Crippen molar-refractivity contribution in [2.75, 3.05) is 0 Å². The van der Waals surface area contributed by atoms with Crippen LogP contribution in [0.1, 0.15) is 21.0 Å². The van der Waals surface area contributed by atoms with Crippen molar-refractivity contribution in [1.29, 1.82) is 0 Å². The van der Waals surface area contributed by atoms with Crippen LogP contribution >= 0.6 is 22.6 Å². The zero-order valence-electron chi connectivity index (χ0n) is 8.50. The van der Waals surface area contributed by atoms with Crippen LogP contribution in [0.25, 0.3) is 5.69 Å². The quantitative estimate of drug-likeness (QED) is 0.684. The molecule has 0 fully saturated rings. The minimum absolute atomic E-state index is 0.148. The summed E-state index contributed by atoms with van der Waals surface area (Å²) in [6.07, 6.45) is 0.581. The minimum atomic E-state index is -1.16. The Morgan fingerprint density at radius 3 is 2.53 bits per heavy atom. The van der Waals surface area contributed by atoms with Crippen molar-refractivity contribution in [1.82, 2.24) is 9.78 Å². The molecule has 1 aromatic carbocycles. The van der Waals surface area contributed by atoms with Crippen molar-refractivity contribution in [3.05, 3.63) is 45.3 Å². The van der Waals surface area contributed by atoms with Gasteiger partial charge < -0.3 is 5.11 Å². The van der Waals surface area contributed by atoms with Gasteiger partial charge in [-0.3, -0.25) is 4.79 Å². The van der Waals surface area contributed by atoms with Crippen molar-refractivity contribution in [3.8, 4) is 5.69 Å². The number of aldehydes is 1. The minimum Gasteiger partial charge on any atom is -0.476 e. The summed E-state index contributed by atoms with van der Waals surface area (Å²) in [5.41, 5.74) is 0.717. The smallest absolute Gasteiger partial charge is 0.356 e. The number of rotatable bonds is 3. The van der Waals surface area contributed by atoms with Crippen molar-refractivity contribution in [3.63, 3.8) is 0 Å². The van der Waals surface area contributed by atoms with E-state index < -0.39 is 5.97 Å². The molecule has 0 atom stereocenters. The van der Waals surface area contributed by atoms with Crippen molar-refractivity contribution in [2.24, 2.45) is 0 Å². The highest BCUT2D eigenvalue weighted by Crippen LogP contribution is 2.13. The number of hydrogen-bond donors (Lipinski definition) is 1. The third-order valence-corrected chi connectivity index (χ3v) is 2.87. The molecule has 0 spiro atoms. The molecule has 6 heteroatoms. The lowest BCUT2D eigenvalue weighted by atomic mass is 10.3. The molecule has 0 aliphatic carbocycles. The number of carbonyl (C=O) groups excluding carboxylic acids is 1. The van der Waals surface area contributed by atoms with Crippen LogP contribution in [0, 0.1) is 3.57 Å². The summed E-state index contributed by atoms with van der Waals surface area (Å²) in [7, 11) is 0. The molecule has 0 saturated heterocycles. The van der Waals surface area contributed by atoms with E-state index in [1.54, 1.807) is 12.1 Å². The maximum absolute atomic E-state index is 10.8. The van der Waals surface area contributed by atoms with E-state index in [0.717, 1.165) is 3.57 Å². The van der Waals surface area contributed by atoms with Gasteiger partial charge in [-0.25, -0.2) is 9.48 Å². The molecule has 0 aliphatic heterocycles. The second-order valence-corrected chi connectivity index (χ2v) is 4.51. The molecular weight excluding hydrogens is 335 g/mol. The normalized spacial score (nSPS) is 10.2. The third-order valence-electron chi connectivity index (χ3n) is 2.15. The van der Waals surface area contributed by atoms with Gasteiger partial charge in [0.05, 0.1) is 5.69 Å². The molecule has 1 N–H and O–H groups in total. The number of hydrogen-bond acceptors (Lipinski definition) is 3. The lowest BCUT2D eigenvalue weighted by Crippen LogP contribution is -2.03. The lowest BCUT2D eigenvalue weighted by molar-refractivity contribution is 0.0690. The predicted octanol–water partition coefficient (Wildman–Crippen LogP) is 1.99. The monoisotopic (exact) mass is 342 g/mol. The summed E-state index contributed by atoms with van der Waals surface area (Å²) >= 11 is 2.16. The molecule has 0 unspecified atom stereocenters. The number of carbonyl (C=O) groups is 2. The Morgan fingerprint density at radius 2 is 2.00 bits per heavy atom. The Morgan fingerprint density at radius 1 is 1.35 bits per heavy atom. The maximum atomic E-state index is 10.8. The number of carboxylic acids is 1. The van der Waals surface area contributed by atoms with Crippen LogP contribution < -0.4 is 0 Å². The van der Waals surface area contributed by atoms with Gasteiger partial charge in [0, 0.05) is 9.64 Å². The fourth-order valence-corrected chi connectivity index (χ4v) is 1.73. The Balaban J connectivity index is 2.54. The van der Waals surface area contributed by atoms with E-state index in [9.17, 15) is 9.59 Å². The first-order valence-corrected chi connectivity index (χ1v) is 5.74. The Hall–Kier alpha value is -1.70. The summed E-state index contributed by atoms with van der Waals surface area (Å²) < 4.78 is 2.36. The largest absolute Gasteiger partial charge is 0.476 e. The highest BCUT2D eigenvalue weighted by atomic mass is 127. The Bertz CT molecular complexity index is 575. The second kappa shape index (κ2) is 4.66. The number of halogens is 1. The summed E-state index contributed by atoms with van der Waals surface area (Å²) in [4.78, 5) is 21.6. The van der Waals surface area contributed by atoms with Gasteiger partial charge in [-0.05, 0) is 46.9 Å². The summed E-state index contributed by atoms with van der Waals surface area (Å²) in [6.45, 7) is 0. The van der Waals surface area contributed by atoms with Crippen LogP contribution in [0.5, 0.6) is 0 Å². The zero-order valence-corrected chi connectivity index (χ0v) is 10.7. The fourth-order valence-electron chi connectivity index (χ4n) is 1.37. The average Bonchev–Trinajstić information content (AvgIpc) is 2.74. The lowest BCUT2D eigenvalue weighted by Gasteiger charge is -2.02. The van der Waals surface area contributed by atoms with Gasteiger partial charge in [-0.15, -0.1) is 0 Å². The van der Waals surface area contributed by atoms with E-state index in [2.05, 4.69) is 27.7 Å². The molecule has 0 saturated carbocycles. The zero-order chi connectivity index (χ0) is 12.4. The molecule has 0 radical (unpaired) electrons. The molecule has 5 nitrogen and oxygen atoms in total. The van der Waals surface area contributed by atoms with Crippen molar-refractivity contribution in [2.45, 2.75) is 0 Å². The number of aromatic nitrogens is 2. The molecule has 1 heterocycles. The van der Waals surface area contributed by atoms with Gasteiger partial charge in [0.1, 0.15) is 5.69 Å². The highest BCUT2D eigenvalue weighted by molar-refractivity contribution is 14.1. The van der Waals surface area contributed by atoms with Gasteiger partial charge in [0.25, 0.3) is 0 Å².